The first-order valence-electron chi connectivity index (χ1n) is 4.37. The number of aryl methyl sites for hydroxylation is 3. The van der Waals surface area contributed by atoms with Crippen LogP contribution in [0.2, 0.25) is 0 Å². The van der Waals surface area contributed by atoms with Gasteiger partial charge in [-0.25, -0.2) is 4.98 Å². The highest BCUT2D eigenvalue weighted by molar-refractivity contribution is 7.11. The van der Waals surface area contributed by atoms with Crippen LogP contribution in [0.3, 0.4) is 0 Å². The summed E-state index contributed by atoms with van der Waals surface area (Å²) in [5.74, 6) is 0. The topological polar surface area (TPSA) is 12.9 Å². The molecule has 0 unspecified atom stereocenters. The Morgan fingerprint density at radius 3 is 3.09 bits per heavy atom. The van der Waals surface area contributed by atoms with Crippen LogP contribution in [0.4, 0.5) is 0 Å². The minimum absolute atomic E-state index is 1.18. The van der Waals surface area contributed by atoms with Crippen LogP contribution < -0.4 is 0 Å². The molecule has 0 aromatic carbocycles. The summed E-state index contributed by atoms with van der Waals surface area (Å²) < 4.78 is 0. The smallest absolute Gasteiger partial charge is 0.0931 e. The number of thiazole rings is 1. The second kappa shape index (κ2) is 2.94. The first-order valence-corrected chi connectivity index (χ1v) is 5.19. The minimum atomic E-state index is 1.18. The first kappa shape index (κ1) is 7.29. The zero-order valence-electron chi connectivity index (χ0n) is 6.89. The molecule has 0 atom stereocenters. The van der Waals surface area contributed by atoms with Crippen LogP contribution in [-0.2, 0) is 19.3 Å². The zero-order chi connectivity index (χ0) is 7.68. The standard InChI is InChI=1S/C9H13NS/c1-2-4-9-10-7-5-3-6-8(7)11-9/h2-6H2,1H3. The number of fused-ring (bicyclic) bond motifs is 1. The second-order valence-electron chi connectivity index (χ2n) is 3.08. The normalized spacial score (nSPS) is 15.4. The van der Waals surface area contributed by atoms with E-state index in [2.05, 4.69) is 11.9 Å². The second-order valence-corrected chi connectivity index (χ2v) is 4.25. The van der Waals surface area contributed by atoms with E-state index in [0.29, 0.717) is 0 Å². The molecule has 1 aliphatic rings. The number of hydrogen-bond acceptors (Lipinski definition) is 2. The van der Waals surface area contributed by atoms with Gasteiger partial charge in [0, 0.05) is 4.88 Å². The van der Waals surface area contributed by atoms with Crippen LogP contribution in [0.25, 0.3) is 0 Å². The van der Waals surface area contributed by atoms with Gasteiger partial charge in [0.25, 0.3) is 0 Å². The molecular formula is C9H13NS. The van der Waals surface area contributed by atoms with Crippen molar-refractivity contribution in [2.45, 2.75) is 39.0 Å². The van der Waals surface area contributed by atoms with Crippen LogP contribution in [0.1, 0.15) is 35.3 Å². The number of rotatable bonds is 2. The average molecular weight is 167 g/mol. The molecule has 1 aromatic rings. The maximum atomic E-state index is 4.60. The number of nitrogens with zero attached hydrogens (tertiary/aromatic N) is 1. The predicted molar refractivity (Wildman–Crippen MR) is 48.1 cm³/mol. The lowest BCUT2D eigenvalue weighted by Gasteiger charge is -1.88. The average Bonchev–Trinajstić information content (AvgIpc) is 2.46. The van der Waals surface area contributed by atoms with E-state index in [0.717, 1.165) is 0 Å². The molecule has 2 rings (SSSR count). The fourth-order valence-corrected chi connectivity index (χ4v) is 2.82. The van der Waals surface area contributed by atoms with Crippen molar-refractivity contribution in [1.29, 1.82) is 0 Å². The molecule has 1 heterocycles. The molecule has 0 saturated heterocycles. The Labute approximate surface area is 71.5 Å². The van der Waals surface area contributed by atoms with Gasteiger partial charge in [-0.05, 0) is 32.1 Å². The fourth-order valence-electron chi connectivity index (χ4n) is 1.56. The third-order valence-electron chi connectivity index (χ3n) is 2.10. The van der Waals surface area contributed by atoms with Crippen molar-refractivity contribution in [2.75, 3.05) is 0 Å². The van der Waals surface area contributed by atoms with Crippen LogP contribution in [0.15, 0.2) is 0 Å². The van der Waals surface area contributed by atoms with Gasteiger partial charge in [-0.3, -0.25) is 0 Å². The molecule has 11 heavy (non-hydrogen) atoms. The summed E-state index contributed by atoms with van der Waals surface area (Å²) >= 11 is 1.94. The molecule has 0 aliphatic heterocycles. The molecule has 1 aliphatic carbocycles. The van der Waals surface area contributed by atoms with Crippen molar-refractivity contribution in [3.8, 4) is 0 Å². The number of aromatic nitrogens is 1. The van der Waals surface area contributed by atoms with Crippen molar-refractivity contribution >= 4 is 11.3 Å². The van der Waals surface area contributed by atoms with Crippen molar-refractivity contribution < 1.29 is 0 Å². The maximum Gasteiger partial charge on any atom is 0.0931 e. The van der Waals surface area contributed by atoms with Gasteiger partial charge >= 0.3 is 0 Å². The molecule has 0 radical (unpaired) electrons. The summed E-state index contributed by atoms with van der Waals surface area (Å²) in [6.45, 7) is 2.21. The maximum absolute atomic E-state index is 4.60. The van der Waals surface area contributed by atoms with E-state index in [1.807, 2.05) is 11.3 Å². The highest BCUT2D eigenvalue weighted by Crippen LogP contribution is 2.27. The molecule has 0 amide bonds. The molecule has 0 bridgehead atoms. The quantitative estimate of drug-likeness (QED) is 0.659. The van der Waals surface area contributed by atoms with Gasteiger partial charge in [0.1, 0.15) is 0 Å². The Bertz CT molecular complexity index is 231. The van der Waals surface area contributed by atoms with Crippen LogP contribution >= 0.6 is 11.3 Å². The van der Waals surface area contributed by atoms with E-state index in [1.54, 1.807) is 4.88 Å². The van der Waals surface area contributed by atoms with Gasteiger partial charge in [-0.1, -0.05) is 6.92 Å². The first-order chi connectivity index (χ1) is 5.40. The molecular weight excluding hydrogens is 154 g/mol. The summed E-state index contributed by atoms with van der Waals surface area (Å²) in [5, 5.41) is 1.36. The van der Waals surface area contributed by atoms with E-state index >= 15 is 0 Å². The fraction of sp³-hybridized carbons (Fsp3) is 0.667. The molecule has 1 aromatic heterocycles. The Kier molecular flexibility index (Phi) is 1.95. The van der Waals surface area contributed by atoms with Crippen molar-refractivity contribution in [1.82, 2.24) is 4.98 Å². The predicted octanol–water partition coefficient (Wildman–Crippen LogP) is 2.58. The summed E-state index contributed by atoms with van der Waals surface area (Å²) in [6.07, 6.45) is 6.26. The lowest BCUT2D eigenvalue weighted by atomic mass is 10.3. The van der Waals surface area contributed by atoms with Gasteiger partial charge in [0.15, 0.2) is 0 Å². The Morgan fingerprint density at radius 2 is 2.36 bits per heavy atom. The third-order valence-corrected chi connectivity index (χ3v) is 3.32. The summed E-state index contributed by atoms with van der Waals surface area (Å²) in [4.78, 5) is 6.16. The molecule has 0 spiro atoms. The lowest BCUT2D eigenvalue weighted by molar-refractivity contribution is 0.867. The Hall–Kier alpha value is -0.370. The highest BCUT2D eigenvalue weighted by atomic mass is 32.1. The monoisotopic (exact) mass is 167 g/mol. The van der Waals surface area contributed by atoms with Gasteiger partial charge in [0.05, 0.1) is 10.7 Å². The van der Waals surface area contributed by atoms with Gasteiger partial charge in [-0.15, -0.1) is 11.3 Å². The summed E-state index contributed by atoms with van der Waals surface area (Å²) in [6, 6.07) is 0. The van der Waals surface area contributed by atoms with E-state index < -0.39 is 0 Å². The molecule has 60 valence electrons. The van der Waals surface area contributed by atoms with Gasteiger partial charge < -0.3 is 0 Å². The third kappa shape index (κ3) is 1.32. The van der Waals surface area contributed by atoms with E-state index in [-0.39, 0.29) is 0 Å². The van der Waals surface area contributed by atoms with Crippen molar-refractivity contribution in [2.24, 2.45) is 0 Å². The van der Waals surface area contributed by atoms with E-state index in [1.165, 1.54) is 42.8 Å². The summed E-state index contributed by atoms with van der Waals surface area (Å²) in [7, 11) is 0. The molecule has 0 fully saturated rings. The molecule has 2 heteroatoms. The van der Waals surface area contributed by atoms with Crippen molar-refractivity contribution in [3.05, 3.63) is 15.6 Å². The van der Waals surface area contributed by atoms with E-state index in [9.17, 15) is 0 Å². The van der Waals surface area contributed by atoms with Crippen LogP contribution in [0.5, 0.6) is 0 Å². The molecule has 0 saturated carbocycles. The lowest BCUT2D eigenvalue weighted by Crippen LogP contribution is -1.83. The number of hydrogen-bond donors (Lipinski definition) is 0. The highest BCUT2D eigenvalue weighted by Gasteiger charge is 2.15. The Balaban J connectivity index is 2.20. The minimum Gasteiger partial charge on any atom is -0.246 e. The zero-order valence-corrected chi connectivity index (χ0v) is 7.71. The molecule has 1 nitrogen and oxygen atoms in total. The van der Waals surface area contributed by atoms with Crippen LogP contribution in [0, 0.1) is 0 Å². The van der Waals surface area contributed by atoms with Crippen molar-refractivity contribution in [3.63, 3.8) is 0 Å². The van der Waals surface area contributed by atoms with Gasteiger partial charge in [0.2, 0.25) is 0 Å². The van der Waals surface area contributed by atoms with Crippen LogP contribution in [-0.4, -0.2) is 4.98 Å². The Morgan fingerprint density at radius 1 is 1.45 bits per heavy atom. The van der Waals surface area contributed by atoms with E-state index in [4.69, 9.17) is 0 Å². The molecule has 0 N–H and O–H groups in total. The van der Waals surface area contributed by atoms with Gasteiger partial charge in [-0.2, -0.15) is 0 Å². The largest absolute Gasteiger partial charge is 0.246 e. The summed E-state index contributed by atoms with van der Waals surface area (Å²) in [5.41, 5.74) is 1.40. The SMILES string of the molecule is CCCc1nc2c(s1)CCC2.